The van der Waals surface area contributed by atoms with Gasteiger partial charge in [0.1, 0.15) is 0 Å². The molecule has 1 fully saturated rings. The van der Waals surface area contributed by atoms with Gasteiger partial charge in [-0.2, -0.15) is 0 Å². The van der Waals surface area contributed by atoms with Crippen LogP contribution < -0.4 is 5.32 Å². The maximum absolute atomic E-state index is 11.3. The fourth-order valence-corrected chi connectivity index (χ4v) is 1.64. The summed E-state index contributed by atoms with van der Waals surface area (Å²) in [4.78, 5) is 11.3. The van der Waals surface area contributed by atoms with Gasteiger partial charge in [-0.15, -0.1) is 0 Å². The SMILES string of the molecule is O=C1OCCCC1=CNCc1ccccc1. The lowest BCUT2D eigenvalue weighted by Crippen LogP contribution is -2.18. The molecule has 1 saturated heterocycles. The average Bonchev–Trinajstić information content (AvgIpc) is 2.33. The van der Waals surface area contributed by atoms with Gasteiger partial charge in [-0.25, -0.2) is 4.79 Å². The van der Waals surface area contributed by atoms with E-state index < -0.39 is 0 Å². The normalized spacial score (nSPS) is 18.2. The minimum absolute atomic E-state index is 0.188. The first-order chi connectivity index (χ1) is 7.86. The standard InChI is InChI=1S/C13H15NO2/c15-13-12(7-4-8-16-13)10-14-9-11-5-2-1-3-6-11/h1-3,5-6,10,14H,4,7-9H2. The molecule has 0 bridgehead atoms. The molecule has 1 aromatic carbocycles. The smallest absolute Gasteiger partial charge is 0.335 e. The molecule has 16 heavy (non-hydrogen) atoms. The van der Waals surface area contributed by atoms with E-state index in [1.54, 1.807) is 6.20 Å². The van der Waals surface area contributed by atoms with Crippen LogP contribution in [0.25, 0.3) is 0 Å². The Morgan fingerprint density at radius 2 is 2.12 bits per heavy atom. The van der Waals surface area contributed by atoms with Crippen LogP contribution in [0.1, 0.15) is 18.4 Å². The summed E-state index contributed by atoms with van der Waals surface area (Å²) < 4.78 is 4.95. The molecule has 3 heteroatoms. The Balaban J connectivity index is 1.87. The molecule has 0 unspecified atom stereocenters. The fraction of sp³-hybridized carbons (Fsp3) is 0.308. The van der Waals surface area contributed by atoms with Crippen LogP contribution in [0.2, 0.25) is 0 Å². The second-order valence-electron chi connectivity index (χ2n) is 3.78. The van der Waals surface area contributed by atoms with E-state index in [0.29, 0.717) is 6.61 Å². The number of carbonyl (C=O) groups is 1. The molecule has 0 spiro atoms. The van der Waals surface area contributed by atoms with E-state index in [1.165, 1.54) is 5.56 Å². The first-order valence-electron chi connectivity index (χ1n) is 5.50. The van der Waals surface area contributed by atoms with E-state index in [9.17, 15) is 4.79 Å². The first-order valence-corrected chi connectivity index (χ1v) is 5.50. The summed E-state index contributed by atoms with van der Waals surface area (Å²) in [5.74, 6) is -0.188. The quantitative estimate of drug-likeness (QED) is 0.621. The zero-order valence-electron chi connectivity index (χ0n) is 9.11. The second kappa shape index (κ2) is 5.35. The lowest BCUT2D eigenvalue weighted by molar-refractivity contribution is -0.141. The largest absolute Gasteiger partial charge is 0.462 e. The van der Waals surface area contributed by atoms with E-state index in [-0.39, 0.29) is 5.97 Å². The van der Waals surface area contributed by atoms with Crippen molar-refractivity contribution in [1.29, 1.82) is 0 Å². The van der Waals surface area contributed by atoms with Gasteiger partial charge >= 0.3 is 5.97 Å². The van der Waals surface area contributed by atoms with Crippen molar-refractivity contribution in [2.45, 2.75) is 19.4 Å². The van der Waals surface area contributed by atoms with Crippen LogP contribution in [0, 0.1) is 0 Å². The number of cyclic esters (lactones) is 1. The Morgan fingerprint density at radius 3 is 2.88 bits per heavy atom. The van der Waals surface area contributed by atoms with Crippen LogP contribution in [-0.4, -0.2) is 12.6 Å². The van der Waals surface area contributed by atoms with E-state index >= 15 is 0 Å². The molecule has 1 heterocycles. The predicted molar refractivity (Wildman–Crippen MR) is 61.6 cm³/mol. The zero-order chi connectivity index (χ0) is 11.2. The highest BCUT2D eigenvalue weighted by Crippen LogP contribution is 2.12. The Hall–Kier alpha value is -1.77. The van der Waals surface area contributed by atoms with Gasteiger partial charge in [0.25, 0.3) is 0 Å². The molecular weight excluding hydrogens is 202 g/mol. The highest BCUT2D eigenvalue weighted by atomic mass is 16.5. The van der Waals surface area contributed by atoms with Crippen molar-refractivity contribution in [3.8, 4) is 0 Å². The number of nitrogens with one attached hydrogen (secondary N) is 1. The lowest BCUT2D eigenvalue weighted by Gasteiger charge is -2.14. The van der Waals surface area contributed by atoms with E-state index in [0.717, 1.165) is 25.0 Å². The maximum Gasteiger partial charge on any atom is 0.335 e. The van der Waals surface area contributed by atoms with Crippen molar-refractivity contribution in [1.82, 2.24) is 5.32 Å². The third-order valence-corrected chi connectivity index (χ3v) is 2.51. The van der Waals surface area contributed by atoms with Crippen molar-refractivity contribution in [2.24, 2.45) is 0 Å². The molecule has 1 N–H and O–H groups in total. The Bertz CT molecular complexity index is 384. The van der Waals surface area contributed by atoms with Crippen molar-refractivity contribution in [3.05, 3.63) is 47.7 Å². The topological polar surface area (TPSA) is 38.3 Å². The van der Waals surface area contributed by atoms with Gasteiger partial charge in [0.05, 0.1) is 12.2 Å². The van der Waals surface area contributed by atoms with Crippen LogP contribution in [0.4, 0.5) is 0 Å². The second-order valence-corrected chi connectivity index (χ2v) is 3.78. The van der Waals surface area contributed by atoms with E-state index in [1.807, 2.05) is 30.3 Å². The van der Waals surface area contributed by atoms with Crippen LogP contribution in [0.3, 0.4) is 0 Å². The van der Waals surface area contributed by atoms with Crippen molar-refractivity contribution >= 4 is 5.97 Å². The zero-order valence-corrected chi connectivity index (χ0v) is 9.11. The third kappa shape index (κ3) is 2.86. The van der Waals surface area contributed by atoms with Gasteiger partial charge in [0, 0.05) is 12.7 Å². The molecule has 2 rings (SSSR count). The lowest BCUT2D eigenvalue weighted by atomic mass is 10.1. The maximum atomic E-state index is 11.3. The molecule has 0 radical (unpaired) electrons. The number of esters is 1. The third-order valence-electron chi connectivity index (χ3n) is 2.51. The van der Waals surface area contributed by atoms with Crippen molar-refractivity contribution in [3.63, 3.8) is 0 Å². The molecule has 0 aliphatic carbocycles. The number of rotatable bonds is 3. The van der Waals surface area contributed by atoms with E-state index in [4.69, 9.17) is 4.74 Å². The van der Waals surface area contributed by atoms with Gasteiger partial charge in [0.2, 0.25) is 0 Å². The Kier molecular flexibility index (Phi) is 3.59. The van der Waals surface area contributed by atoms with Crippen molar-refractivity contribution < 1.29 is 9.53 Å². The summed E-state index contributed by atoms with van der Waals surface area (Å²) in [5.41, 5.74) is 1.94. The molecular formula is C13H15NO2. The fourth-order valence-electron chi connectivity index (χ4n) is 1.64. The van der Waals surface area contributed by atoms with Gasteiger partial charge < -0.3 is 10.1 Å². The predicted octanol–water partition coefficient (Wildman–Crippen LogP) is 2.00. The van der Waals surface area contributed by atoms with Crippen LogP contribution in [0.5, 0.6) is 0 Å². The van der Waals surface area contributed by atoms with Gasteiger partial charge in [-0.05, 0) is 18.4 Å². The number of benzene rings is 1. The molecule has 0 aromatic heterocycles. The first kappa shape index (κ1) is 10.7. The van der Waals surface area contributed by atoms with Crippen molar-refractivity contribution in [2.75, 3.05) is 6.61 Å². The highest BCUT2D eigenvalue weighted by molar-refractivity contribution is 5.88. The van der Waals surface area contributed by atoms with Crippen LogP contribution in [-0.2, 0) is 16.1 Å². The molecule has 3 nitrogen and oxygen atoms in total. The Morgan fingerprint density at radius 1 is 1.31 bits per heavy atom. The molecule has 0 saturated carbocycles. The molecule has 0 amide bonds. The molecule has 84 valence electrons. The van der Waals surface area contributed by atoms with Gasteiger partial charge in [0.15, 0.2) is 0 Å². The molecule has 1 aromatic rings. The summed E-state index contributed by atoms with van der Waals surface area (Å²) in [6, 6.07) is 10.1. The summed E-state index contributed by atoms with van der Waals surface area (Å²) in [6.45, 7) is 1.28. The number of hydrogen-bond acceptors (Lipinski definition) is 3. The number of carbonyl (C=O) groups excluding carboxylic acids is 1. The highest BCUT2D eigenvalue weighted by Gasteiger charge is 2.15. The van der Waals surface area contributed by atoms with Gasteiger partial charge in [-0.1, -0.05) is 30.3 Å². The summed E-state index contributed by atoms with van der Waals surface area (Å²) >= 11 is 0. The van der Waals surface area contributed by atoms with Crippen LogP contribution in [0.15, 0.2) is 42.1 Å². The minimum Gasteiger partial charge on any atom is -0.462 e. The van der Waals surface area contributed by atoms with Crippen LogP contribution >= 0.6 is 0 Å². The molecule has 1 aliphatic rings. The Labute approximate surface area is 95.1 Å². The minimum atomic E-state index is -0.188. The molecule has 0 atom stereocenters. The summed E-state index contributed by atoms with van der Waals surface area (Å²) in [7, 11) is 0. The number of hydrogen-bond donors (Lipinski definition) is 1. The molecule has 1 aliphatic heterocycles. The number of ether oxygens (including phenoxy) is 1. The summed E-state index contributed by atoms with van der Waals surface area (Å²) in [6.07, 6.45) is 3.50. The summed E-state index contributed by atoms with van der Waals surface area (Å²) in [5, 5.41) is 3.14. The monoisotopic (exact) mass is 217 g/mol. The van der Waals surface area contributed by atoms with Gasteiger partial charge in [-0.3, -0.25) is 0 Å². The van der Waals surface area contributed by atoms with E-state index in [2.05, 4.69) is 5.32 Å². The average molecular weight is 217 g/mol.